The highest BCUT2D eigenvalue weighted by Gasteiger charge is 2.26. The molecule has 0 spiro atoms. The summed E-state index contributed by atoms with van der Waals surface area (Å²) in [6.45, 7) is 1.65. The molecule has 0 aliphatic carbocycles. The number of aliphatic hydroxyl groups is 1. The van der Waals surface area contributed by atoms with Gasteiger partial charge < -0.3 is 10.4 Å². The zero-order valence-corrected chi connectivity index (χ0v) is 8.52. The molecule has 72 valence electrons. The average molecular weight is 199 g/mol. The highest BCUT2D eigenvalue weighted by Crippen LogP contribution is 2.28. The summed E-state index contributed by atoms with van der Waals surface area (Å²) in [6, 6.07) is 3.69. The highest BCUT2D eigenvalue weighted by molar-refractivity contribution is 7.10. The number of carbonyl (C=O) groups is 1. The molecule has 0 aromatic carbocycles. The Morgan fingerprint density at radius 2 is 2.46 bits per heavy atom. The minimum absolute atomic E-state index is 0.101. The number of thiophene rings is 1. The van der Waals surface area contributed by atoms with Crippen molar-refractivity contribution >= 4 is 17.2 Å². The Balaban J connectivity index is 2.72. The van der Waals surface area contributed by atoms with Gasteiger partial charge in [-0.2, -0.15) is 0 Å². The van der Waals surface area contributed by atoms with E-state index in [1.165, 1.54) is 11.3 Å². The SMILES string of the molecule is CNC(=O)C[C@](C)(O)c1cccs1. The second-order valence-corrected chi connectivity index (χ2v) is 4.05. The first-order chi connectivity index (χ1) is 6.06. The smallest absolute Gasteiger partial charge is 0.223 e. The molecule has 0 fully saturated rings. The maximum atomic E-state index is 11.1. The monoisotopic (exact) mass is 199 g/mol. The molecule has 1 rings (SSSR count). The number of hydrogen-bond acceptors (Lipinski definition) is 3. The summed E-state index contributed by atoms with van der Waals surface area (Å²) in [5, 5.41) is 14.3. The summed E-state index contributed by atoms with van der Waals surface area (Å²) in [4.78, 5) is 11.9. The van der Waals surface area contributed by atoms with E-state index >= 15 is 0 Å². The fourth-order valence-corrected chi connectivity index (χ4v) is 1.86. The molecule has 1 aromatic heterocycles. The van der Waals surface area contributed by atoms with Crippen molar-refractivity contribution in [2.75, 3.05) is 7.05 Å². The normalized spacial score (nSPS) is 15.0. The molecule has 1 heterocycles. The van der Waals surface area contributed by atoms with Crippen molar-refractivity contribution in [3.63, 3.8) is 0 Å². The van der Waals surface area contributed by atoms with E-state index in [1.807, 2.05) is 17.5 Å². The lowest BCUT2D eigenvalue weighted by Gasteiger charge is -2.20. The molecule has 0 radical (unpaired) electrons. The van der Waals surface area contributed by atoms with Crippen LogP contribution >= 0.6 is 11.3 Å². The lowest BCUT2D eigenvalue weighted by molar-refractivity contribution is -0.125. The first-order valence-corrected chi connectivity index (χ1v) is 4.91. The van der Waals surface area contributed by atoms with Gasteiger partial charge in [-0.05, 0) is 18.4 Å². The molecule has 3 nitrogen and oxygen atoms in total. The maximum Gasteiger partial charge on any atom is 0.223 e. The van der Waals surface area contributed by atoms with Gasteiger partial charge in [-0.15, -0.1) is 11.3 Å². The molecule has 13 heavy (non-hydrogen) atoms. The Kier molecular flexibility index (Phi) is 3.06. The van der Waals surface area contributed by atoms with E-state index in [0.717, 1.165) is 4.88 Å². The number of nitrogens with one attached hydrogen (secondary N) is 1. The molecule has 0 saturated carbocycles. The second-order valence-electron chi connectivity index (χ2n) is 3.10. The van der Waals surface area contributed by atoms with E-state index in [4.69, 9.17) is 0 Å². The molecule has 2 N–H and O–H groups in total. The summed E-state index contributed by atoms with van der Waals surface area (Å²) < 4.78 is 0. The zero-order chi connectivity index (χ0) is 9.90. The van der Waals surface area contributed by atoms with Gasteiger partial charge in [0.1, 0.15) is 5.60 Å². The van der Waals surface area contributed by atoms with E-state index in [0.29, 0.717) is 0 Å². The van der Waals surface area contributed by atoms with Crippen LogP contribution in [0.5, 0.6) is 0 Å². The number of rotatable bonds is 3. The predicted molar refractivity (Wildman–Crippen MR) is 52.6 cm³/mol. The first-order valence-electron chi connectivity index (χ1n) is 4.03. The Morgan fingerprint density at radius 1 is 1.77 bits per heavy atom. The lowest BCUT2D eigenvalue weighted by atomic mass is 10.0. The minimum atomic E-state index is -1.05. The van der Waals surface area contributed by atoms with Crippen LogP contribution in [-0.2, 0) is 10.4 Å². The van der Waals surface area contributed by atoms with Crippen LogP contribution in [0.4, 0.5) is 0 Å². The Bertz CT molecular complexity index is 280. The predicted octanol–water partition coefficient (Wildman–Crippen LogP) is 1.09. The Hall–Kier alpha value is -0.870. The van der Waals surface area contributed by atoms with Crippen LogP contribution in [0.15, 0.2) is 17.5 Å². The minimum Gasteiger partial charge on any atom is -0.384 e. The number of carbonyl (C=O) groups excluding carboxylic acids is 1. The van der Waals surface area contributed by atoms with E-state index in [2.05, 4.69) is 5.32 Å². The fraction of sp³-hybridized carbons (Fsp3) is 0.444. The molecule has 0 aliphatic heterocycles. The molecule has 0 unspecified atom stereocenters. The van der Waals surface area contributed by atoms with Crippen LogP contribution in [0.2, 0.25) is 0 Å². The van der Waals surface area contributed by atoms with Crippen molar-refractivity contribution in [3.05, 3.63) is 22.4 Å². The van der Waals surface area contributed by atoms with E-state index in [-0.39, 0.29) is 12.3 Å². The van der Waals surface area contributed by atoms with Crippen molar-refractivity contribution in [3.8, 4) is 0 Å². The third-order valence-electron chi connectivity index (χ3n) is 1.84. The largest absolute Gasteiger partial charge is 0.384 e. The first kappa shape index (κ1) is 10.2. The zero-order valence-electron chi connectivity index (χ0n) is 7.70. The van der Waals surface area contributed by atoms with Crippen LogP contribution in [0, 0.1) is 0 Å². The van der Waals surface area contributed by atoms with E-state index in [9.17, 15) is 9.90 Å². The molecule has 1 atom stereocenters. The molecular weight excluding hydrogens is 186 g/mol. The quantitative estimate of drug-likeness (QED) is 0.765. The molecule has 0 aliphatic rings. The van der Waals surface area contributed by atoms with Crippen LogP contribution in [-0.4, -0.2) is 18.1 Å². The van der Waals surface area contributed by atoms with Crippen molar-refractivity contribution in [2.24, 2.45) is 0 Å². The van der Waals surface area contributed by atoms with E-state index < -0.39 is 5.60 Å². The van der Waals surface area contributed by atoms with Crippen LogP contribution < -0.4 is 5.32 Å². The molecular formula is C9H13NO2S. The van der Waals surface area contributed by atoms with Gasteiger partial charge in [-0.3, -0.25) is 4.79 Å². The van der Waals surface area contributed by atoms with Crippen LogP contribution in [0.25, 0.3) is 0 Å². The standard InChI is InChI=1S/C9H13NO2S/c1-9(12,6-8(11)10-2)7-4-3-5-13-7/h3-5,12H,6H2,1-2H3,(H,10,11)/t9-/m0/s1. The summed E-state index contributed by atoms with van der Waals surface area (Å²) >= 11 is 1.45. The third-order valence-corrected chi connectivity index (χ3v) is 2.96. The van der Waals surface area contributed by atoms with Crippen molar-refractivity contribution in [2.45, 2.75) is 18.9 Å². The molecule has 0 saturated heterocycles. The van der Waals surface area contributed by atoms with Gasteiger partial charge in [0.2, 0.25) is 5.91 Å². The van der Waals surface area contributed by atoms with Gasteiger partial charge >= 0.3 is 0 Å². The van der Waals surface area contributed by atoms with Gasteiger partial charge in [0.15, 0.2) is 0 Å². The van der Waals surface area contributed by atoms with Crippen molar-refractivity contribution in [1.82, 2.24) is 5.32 Å². The van der Waals surface area contributed by atoms with E-state index in [1.54, 1.807) is 14.0 Å². The Labute approximate surface area is 81.4 Å². The van der Waals surface area contributed by atoms with Gasteiger partial charge in [-0.25, -0.2) is 0 Å². The molecule has 1 aromatic rings. The third kappa shape index (κ3) is 2.54. The second kappa shape index (κ2) is 3.89. The van der Waals surface area contributed by atoms with Crippen molar-refractivity contribution in [1.29, 1.82) is 0 Å². The maximum absolute atomic E-state index is 11.1. The summed E-state index contributed by atoms with van der Waals surface area (Å²) in [6.07, 6.45) is 0.101. The highest BCUT2D eigenvalue weighted by atomic mass is 32.1. The number of amides is 1. The van der Waals surface area contributed by atoms with Crippen molar-refractivity contribution < 1.29 is 9.90 Å². The topological polar surface area (TPSA) is 49.3 Å². The van der Waals surface area contributed by atoms with Gasteiger partial charge in [0.05, 0.1) is 6.42 Å². The summed E-state index contributed by atoms with van der Waals surface area (Å²) in [7, 11) is 1.56. The molecule has 1 amide bonds. The summed E-state index contributed by atoms with van der Waals surface area (Å²) in [5.41, 5.74) is -1.05. The van der Waals surface area contributed by atoms with Gasteiger partial charge in [0, 0.05) is 11.9 Å². The summed E-state index contributed by atoms with van der Waals surface area (Å²) in [5.74, 6) is -0.154. The van der Waals surface area contributed by atoms with Crippen LogP contribution in [0.3, 0.4) is 0 Å². The molecule has 0 bridgehead atoms. The van der Waals surface area contributed by atoms with Gasteiger partial charge in [0.25, 0.3) is 0 Å². The molecule has 4 heteroatoms. The fourth-order valence-electron chi connectivity index (χ4n) is 1.07. The Morgan fingerprint density at radius 3 is 2.92 bits per heavy atom. The van der Waals surface area contributed by atoms with Crippen LogP contribution in [0.1, 0.15) is 18.2 Å². The number of hydrogen-bond donors (Lipinski definition) is 2. The van der Waals surface area contributed by atoms with Gasteiger partial charge in [-0.1, -0.05) is 6.07 Å². The lowest BCUT2D eigenvalue weighted by Crippen LogP contribution is -2.30. The average Bonchev–Trinajstić information content (AvgIpc) is 2.55.